The first-order valence-corrected chi connectivity index (χ1v) is 2.64. The van der Waals surface area contributed by atoms with Crippen LogP contribution in [0.15, 0.2) is 15.4 Å². The van der Waals surface area contributed by atoms with Gasteiger partial charge >= 0.3 is 0 Å². The summed E-state index contributed by atoms with van der Waals surface area (Å²) in [6, 6.07) is 0. The van der Waals surface area contributed by atoms with Crippen molar-refractivity contribution in [2.45, 2.75) is 0 Å². The average Bonchev–Trinajstić information content (AvgIpc) is 2.14. The van der Waals surface area contributed by atoms with Crippen molar-refractivity contribution in [3.63, 3.8) is 0 Å². The second-order valence-corrected chi connectivity index (χ2v) is 1.88. The van der Waals surface area contributed by atoms with Crippen LogP contribution in [0.1, 0.15) is 0 Å². The minimum atomic E-state index is 0.421. The van der Waals surface area contributed by atoms with Crippen molar-refractivity contribution in [1.82, 2.24) is 5.16 Å². The number of anilines is 1. The van der Waals surface area contributed by atoms with Gasteiger partial charge in [0.05, 0.1) is 0 Å². The number of nitrogens with zero attached hydrogens (tertiary/aromatic N) is 1. The first-order chi connectivity index (χ1) is 3.84. The number of aromatic nitrogens is 1. The lowest BCUT2D eigenvalue weighted by Crippen LogP contribution is -1.85. The SMILES string of the molecule is ONc1conc1Br. The molecule has 0 aliphatic carbocycles. The van der Waals surface area contributed by atoms with Crippen molar-refractivity contribution in [2.24, 2.45) is 0 Å². The molecule has 0 aromatic carbocycles. The van der Waals surface area contributed by atoms with E-state index in [9.17, 15) is 0 Å². The highest BCUT2D eigenvalue weighted by molar-refractivity contribution is 9.10. The van der Waals surface area contributed by atoms with E-state index < -0.39 is 0 Å². The summed E-state index contributed by atoms with van der Waals surface area (Å²) in [4.78, 5) is 0. The fourth-order valence-corrected chi connectivity index (χ4v) is 0.561. The molecule has 0 bridgehead atoms. The topological polar surface area (TPSA) is 58.3 Å². The molecule has 0 fully saturated rings. The van der Waals surface area contributed by atoms with Crippen molar-refractivity contribution in [3.05, 3.63) is 10.9 Å². The summed E-state index contributed by atoms with van der Waals surface area (Å²) in [6.07, 6.45) is 1.28. The minimum Gasteiger partial charge on any atom is -0.361 e. The highest BCUT2D eigenvalue weighted by Crippen LogP contribution is 2.17. The molecular weight excluding hydrogens is 176 g/mol. The van der Waals surface area contributed by atoms with Crippen LogP contribution in [0.4, 0.5) is 5.69 Å². The standard InChI is InChI=1S/C3H3BrN2O2/c4-3-2(5-7)1-8-6-3/h1,5,7H. The third kappa shape index (κ3) is 0.823. The first kappa shape index (κ1) is 5.58. The molecular formula is C3H3BrN2O2. The molecule has 1 aromatic heterocycles. The van der Waals surface area contributed by atoms with Crippen LogP contribution in [0.3, 0.4) is 0 Å². The van der Waals surface area contributed by atoms with Crippen molar-refractivity contribution in [1.29, 1.82) is 0 Å². The van der Waals surface area contributed by atoms with Gasteiger partial charge in [0, 0.05) is 0 Å². The second-order valence-electron chi connectivity index (χ2n) is 1.13. The van der Waals surface area contributed by atoms with Gasteiger partial charge in [0.2, 0.25) is 0 Å². The second kappa shape index (κ2) is 2.15. The molecule has 0 atom stereocenters. The Morgan fingerprint density at radius 3 is 2.88 bits per heavy atom. The molecule has 0 amide bonds. The molecule has 8 heavy (non-hydrogen) atoms. The number of rotatable bonds is 1. The zero-order chi connectivity index (χ0) is 5.98. The molecule has 44 valence electrons. The van der Waals surface area contributed by atoms with E-state index in [2.05, 4.69) is 25.6 Å². The van der Waals surface area contributed by atoms with E-state index >= 15 is 0 Å². The highest BCUT2D eigenvalue weighted by atomic mass is 79.9. The molecule has 0 saturated carbocycles. The molecule has 4 nitrogen and oxygen atoms in total. The minimum absolute atomic E-state index is 0.421. The molecule has 0 saturated heterocycles. The van der Waals surface area contributed by atoms with Gasteiger partial charge in [0.15, 0.2) is 4.60 Å². The van der Waals surface area contributed by atoms with E-state index in [1.807, 2.05) is 5.48 Å². The molecule has 0 unspecified atom stereocenters. The van der Waals surface area contributed by atoms with Crippen LogP contribution in [0.5, 0.6) is 0 Å². The summed E-state index contributed by atoms with van der Waals surface area (Å²) in [5.41, 5.74) is 2.29. The molecule has 0 spiro atoms. The van der Waals surface area contributed by atoms with Crippen LogP contribution in [-0.4, -0.2) is 10.4 Å². The zero-order valence-electron chi connectivity index (χ0n) is 3.76. The summed E-state index contributed by atoms with van der Waals surface area (Å²) in [5.74, 6) is 0. The van der Waals surface area contributed by atoms with Crippen LogP contribution in [-0.2, 0) is 0 Å². The maximum Gasteiger partial charge on any atom is 0.174 e. The fraction of sp³-hybridized carbons (Fsp3) is 0. The Labute approximate surface area is 53.6 Å². The van der Waals surface area contributed by atoms with Gasteiger partial charge in [0.25, 0.3) is 0 Å². The van der Waals surface area contributed by atoms with Crippen molar-refractivity contribution in [2.75, 3.05) is 5.48 Å². The Balaban J connectivity index is 2.92. The number of nitrogens with one attached hydrogen (secondary N) is 1. The average molecular weight is 179 g/mol. The fourth-order valence-electron chi connectivity index (χ4n) is 0.296. The lowest BCUT2D eigenvalue weighted by molar-refractivity contribution is 0.385. The van der Waals surface area contributed by atoms with Gasteiger partial charge in [-0.25, -0.2) is 0 Å². The Bertz CT molecular complexity index is 176. The Kier molecular flexibility index (Phi) is 1.50. The predicted molar refractivity (Wildman–Crippen MR) is 29.6 cm³/mol. The monoisotopic (exact) mass is 178 g/mol. The van der Waals surface area contributed by atoms with Gasteiger partial charge in [-0.15, -0.1) is 0 Å². The molecule has 1 rings (SSSR count). The summed E-state index contributed by atoms with van der Waals surface area (Å²) in [5, 5.41) is 11.6. The lowest BCUT2D eigenvalue weighted by Gasteiger charge is -1.85. The lowest BCUT2D eigenvalue weighted by atomic mass is 10.6. The summed E-state index contributed by atoms with van der Waals surface area (Å²) in [6.45, 7) is 0. The van der Waals surface area contributed by atoms with Crippen LogP contribution >= 0.6 is 15.9 Å². The number of hydrogen-bond acceptors (Lipinski definition) is 4. The Hall–Kier alpha value is -0.550. The maximum absolute atomic E-state index is 8.23. The molecule has 2 N–H and O–H groups in total. The Morgan fingerprint density at radius 2 is 2.62 bits per heavy atom. The summed E-state index contributed by atoms with van der Waals surface area (Å²) in [7, 11) is 0. The summed E-state index contributed by atoms with van der Waals surface area (Å²) >= 11 is 3.00. The number of hydrogen-bond donors (Lipinski definition) is 2. The molecule has 0 radical (unpaired) electrons. The molecule has 5 heteroatoms. The van der Waals surface area contributed by atoms with Crippen LogP contribution in [0.2, 0.25) is 0 Å². The van der Waals surface area contributed by atoms with Gasteiger partial charge in [-0.1, -0.05) is 5.16 Å². The third-order valence-electron chi connectivity index (χ3n) is 0.646. The smallest absolute Gasteiger partial charge is 0.174 e. The molecule has 0 aliphatic heterocycles. The number of halogens is 1. The van der Waals surface area contributed by atoms with Gasteiger partial charge in [0.1, 0.15) is 12.0 Å². The third-order valence-corrected chi connectivity index (χ3v) is 1.22. The van der Waals surface area contributed by atoms with E-state index in [-0.39, 0.29) is 0 Å². The predicted octanol–water partition coefficient (Wildman–Crippen LogP) is 1.24. The van der Waals surface area contributed by atoms with E-state index in [4.69, 9.17) is 5.21 Å². The van der Waals surface area contributed by atoms with Crippen LogP contribution in [0, 0.1) is 0 Å². The van der Waals surface area contributed by atoms with Crippen molar-refractivity contribution < 1.29 is 9.73 Å². The van der Waals surface area contributed by atoms with E-state index in [1.54, 1.807) is 0 Å². The van der Waals surface area contributed by atoms with E-state index in [0.717, 1.165) is 0 Å². The van der Waals surface area contributed by atoms with Gasteiger partial charge in [-0.3, -0.25) is 10.7 Å². The van der Waals surface area contributed by atoms with E-state index in [0.29, 0.717) is 10.3 Å². The van der Waals surface area contributed by atoms with Crippen LogP contribution < -0.4 is 5.48 Å². The van der Waals surface area contributed by atoms with Crippen molar-refractivity contribution in [3.8, 4) is 0 Å². The van der Waals surface area contributed by atoms with E-state index in [1.165, 1.54) is 6.26 Å². The quantitative estimate of drug-likeness (QED) is 0.636. The largest absolute Gasteiger partial charge is 0.361 e. The normalized spacial score (nSPS) is 9.25. The Morgan fingerprint density at radius 1 is 1.88 bits per heavy atom. The zero-order valence-corrected chi connectivity index (χ0v) is 5.34. The van der Waals surface area contributed by atoms with Crippen LogP contribution in [0.25, 0.3) is 0 Å². The first-order valence-electron chi connectivity index (χ1n) is 1.84. The van der Waals surface area contributed by atoms with Gasteiger partial charge in [-0.2, -0.15) is 0 Å². The maximum atomic E-state index is 8.23. The van der Waals surface area contributed by atoms with Gasteiger partial charge < -0.3 is 4.52 Å². The highest BCUT2D eigenvalue weighted by Gasteiger charge is 1.99. The molecule has 1 aromatic rings. The summed E-state index contributed by atoms with van der Waals surface area (Å²) < 4.78 is 4.88. The molecule has 1 heterocycles. The molecule has 0 aliphatic rings. The van der Waals surface area contributed by atoms with Gasteiger partial charge in [-0.05, 0) is 15.9 Å². The van der Waals surface area contributed by atoms with Crippen molar-refractivity contribution >= 4 is 21.6 Å².